The van der Waals surface area contributed by atoms with Gasteiger partial charge in [0.15, 0.2) is 0 Å². The van der Waals surface area contributed by atoms with Crippen molar-refractivity contribution in [3.8, 4) is 0 Å². The number of nitrogens with zero attached hydrogens (tertiary/aromatic N) is 1. The molecule has 2 unspecified atom stereocenters. The van der Waals surface area contributed by atoms with Crippen LogP contribution in [0.25, 0.3) is 0 Å². The molecule has 1 aliphatic carbocycles. The first-order chi connectivity index (χ1) is 10.00. The van der Waals surface area contributed by atoms with Gasteiger partial charge in [0.2, 0.25) is 0 Å². The maximum Gasteiger partial charge on any atom is 0.124 e. The van der Waals surface area contributed by atoms with Gasteiger partial charge in [0.1, 0.15) is 5.82 Å². The molecule has 0 spiro atoms. The summed E-state index contributed by atoms with van der Waals surface area (Å²) < 4.78 is 14.4. The zero-order chi connectivity index (χ0) is 15.0. The third-order valence-electron chi connectivity index (χ3n) is 5.05. The van der Waals surface area contributed by atoms with Crippen molar-refractivity contribution in [3.05, 3.63) is 34.1 Å². The lowest BCUT2D eigenvalue weighted by atomic mass is 9.90. The number of piperazine rings is 1. The summed E-state index contributed by atoms with van der Waals surface area (Å²) in [6.45, 7) is 7.52. The van der Waals surface area contributed by atoms with Gasteiger partial charge in [0, 0.05) is 35.7 Å². The highest BCUT2D eigenvalue weighted by atomic mass is 79.9. The number of hydrogen-bond acceptors (Lipinski definition) is 2. The number of benzene rings is 1. The summed E-state index contributed by atoms with van der Waals surface area (Å²) in [5.41, 5.74) is 1.29. The van der Waals surface area contributed by atoms with Gasteiger partial charge in [-0.25, -0.2) is 4.39 Å². The Morgan fingerprint density at radius 3 is 2.76 bits per heavy atom. The topological polar surface area (TPSA) is 15.3 Å². The predicted octanol–water partition coefficient (Wildman–Crippen LogP) is 3.94. The van der Waals surface area contributed by atoms with Crippen molar-refractivity contribution in [1.82, 2.24) is 10.2 Å². The Bertz CT molecular complexity index is 497. The summed E-state index contributed by atoms with van der Waals surface area (Å²) in [6.07, 6.45) is 3.82. The lowest BCUT2D eigenvalue weighted by Gasteiger charge is -2.46. The fourth-order valence-corrected chi connectivity index (χ4v) is 4.12. The molecule has 0 amide bonds. The van der Waals surface area contributed by atoms with Gasteiger partial charge < -0.3 is 5.32 Å². The van der Waals surface area contributed by atoms with Crippen LogP contribution in [0.2, 0.25) is 0 Å². The fourth-order valence-electron chi connectivity index (χ4n) is 3.61. The molecule has 21 heavy (non-hydrogen) atoms. The zero-order valence-corrected chi connectivity index (χ0v) is 14.4. The predicted molar refractivity (Wildman–Crippen MR) is 87.7 cm³/mol. The number of rotatable bonds is 4. The van der Waals surface area contributed by atoms with Crippen molar-refractivity contribution in [2.45, 2.75) is 51.2 Å². The summed E-state index contributed by atoms with van der Waals surface area (Å²) in [4.78, 5) is 2.54. The summed E-state index contributed by atoms with van der Waals surface area (Å²) in [5.74, 6) is 0.657. The average molecular weight is 355 g/mol. The van der Waals surface area contributed by atoms with E-state index < -0.39 is 0 Å². The standard InChI is InChI=1S/C17H24BrFN2/c1-3-16-9-20-17(2,13-4-5-13)11-21(16)10-12-6-14(18)8-15(19)7-12/h6-8,13,16,20H,3-5,9-11H2,1-2H3. The third-order valence-corrected chi connectivity index (χ3v) is 5.50. The first kappa shape index (κ1) is 15.4. The van der Waals surface area contributed by atoms with Crippen molar-refractivity contribution in [1.29, 1.82) is 0 Å². The van der Waals surface area contributed by atoms with Crippen molar-refractivity contribution in [2.24, 2.45) is 5.92 Å². The van der Waals surface area contributed by atoms with E-state index in [9.17, 15) is 4.39 Å². The summed E-state index contributed by atoms with van der Waals surface area (Å²) in [6, 6.07) is 5.76. The van der Waals surface area contributed by atoms with Crippen molar-refractivity contribution >= 4 is 15.9 Å². The van der Waals surface area contributed by atoms with Crippen LogP contribution in [-0.4, -0.2) is 29.6 Å². The Labute approximate surface area is 135 Å². The minimum absolute atomic E-state index is 0.160. The highest BCUT2D eigenvalue weighted by Gasteiger charge is 2.45. The Balaban J connectivity index is 1.76. The lowest BCUT2D eigenvalue weighted by Crippen LogP contribution is -2.63. The van der Waals surface area contributed by atoms with Gasteiger partial charge in [-0.05, 0) is 55.9 Å². The molecule has 1 N–H and O–H groups in total. The second-order valence-electron chi connectivity index (χ2n) is 6.82. The molecule has 3 rings (SSSR count). The molecule has 116 valence electrons. The molecule has 1 aromatic carbocycles. The largest absolute Gasteiger partial charge is 0.308 e. The van der Waals surface area contributed by atoms with E-state index in [4.69, 9.17) is 0 Å². The van der Waals surface area contributed by atoms with Crippen molar-refractivity contribution < 1.29 is 4.39 Å². The zero-order valence-electron chi connectivity index (χ0n) is 12.8. The molecule has 2 aliphatic rings. The molecule has 1 saturated heterocycles. The van der Waals surface area contributed by atoms with Gasteiger partial charge in [0.25, 0.3) is 0 Å². The lowest BCUT2D eigenvalue weighted by molar-refractivity contribution is 0.0665. The number of hydrogen-bond donors (Lipinski definition) is 1. The summed E-state index contributed by atoms with van der Waals surface area (Å²) in [7, 11) is 0. The molecule has 0 bridgehead atoms. The molecule has 2 atom stereocenters. The van der Waals surface area contributed by atoms with E-state index in [1.807, 2.05) is 6.07 Å². The minimum Gasteiger partial charge on any atom is -0.308 e. The second-order valence-corrected chi connectivity index (χ2v) is 7.73. The third kappa shape index (κ3) is 3.49. The molecular formula is C17H24BrFN2. The molecule has 0 radical (unpaired) electrons. The van der Waals surface area contributed by atoms with Gasteiger partial charge in [-0.2, -0.15) is 0 Å². The first-order valence-electron chi connectivity index (χ1n) is 7.94. The molecule has 1 saturated carbocycles. The normalized spacial score (nSPS) is 30.6. The van der Waals surface area contributed by atoms with Gasteiger partial charge in [0.05, 0.1) is 0 Å². The fraction of sp³-hybridized carbons (Fsp3) is 0.647. The SMILES string of the molecule is CCC1CNC(C)(C2CC2)CN1Cc1cc(F)cc(Br)c1. The van der Waals surface area contributed by atoms with E-state index in [0.717, 1.165) is 42.0 Å². The van der Waals surface area contributed by atoms with Gasteiger partial charge in [-0.1, -0.05) is 22.9 Å². The van der Waals surface area contributed by atoms with Crippen molar-refractivity contribution in [2.75, 3.05) is 13.1 Å². The van der Waals surface area contributed by atoms with Gasteiger partial charge >= 0.3 is 0 Å². The van der Waals surface area contributed by atoms with Crippen LogP contribution < -0.4 is 5.32 Å². The minimum atomic E-state index is -0.160. The second kappa shape index (κ2) is 5.98. The van der Waals surface area contributed by atoms with Crippen LogP contribution in [0.5, 0.6) is 0 Å². The summed E-state index contributed by atoms with van der Waals surface area (Å²) in [5, 5.41) is 3.77. The van der Waals surface area contributed by atoms with Crippen LogP contribution in [0.1, 0.15) is 38.7 Å². The molecule has 4 heteroatoms. The molecular weight excluding hydrogens is 331 g/mol. The molecule has 1 aromatic rings. The highest BCUT2D eigenvalue weighted by Crippen LogP contribution is 2.41. The van der Waals surface area contributed by atoms with Gasteiger partial charge in [-0.15, -0.1) is 0 Å². The molecule has 1 aliphatic heterocycles. The van der Waals surface area contributed by atoms with E-state index >= 15 is 0 Å². The molecule has 2 nitrogen and oxygen atoms in total. The van der Waals surface area contributed by atoms with Crippen molar-refractivity contribution in [3.63, 3.8) is 0 Å². The van der Waals surface area contributed by atoms with Crippen LogP contribution in [0.4, 0.5) is 4.39 Å². The highest BCUT2D eigenvalue weighted by molar-refractivity contribution is 9.10. The van der Waals surface area contributed by atoms with E-state index in [-0.39, 0.29) is 11.4 Å². The molecule has 2 fully saturated rings. The monoisotopic (exact) mass is 354 g/mol. The van der Waals surface area contributed by atoms with Crippen LogP contribution in [-0.2, 0) is 6.54 Å². The Morgan fingerprint density at radius 2 is 2.14 bits per heavy atom. The average Bonchev–Trinajstić information content (AvgIpc) is 3.22. The Hall–Kier alpha value is -0.450. The van der Waals surface area contributed by atoms with E-state index in [2.05, 4.69) is 40.0 Å². The molecule has 0 aromatic heterocycles. The number of nitrogens with one attached hydrogen (secondary N) is 1. The van der Waals surface area contributed by atoms with E-state index in [1.165, 1.54) is 18.9 Å². The Kier molecular flexibility index (Phi) is 4.40. The maximum atomic E-state index is 13.6. The smallest absolute Gasteiger partial charge is 0.124 e. The number of halogens is 2. The van der Waals surface area contributed by atoms with E-state index in [1.54, 1.807) is 6.07 Å². The van der Waals surface area contributed by atoms with E-state index in [0.29, 0.717) is 6.04 Å². The quantitative estimate of drug-likeness (QED) is 0.880. The molecule has 1 heterocycles. The Morgan fingerprint density at radius 1 is 1.38 bits per heavy atom. The van der Waals surface area contributed by atoms with Crippen LogP contribution in [0.15, 0.2) is 22.7 Å². The van der Waals surface area contributed by atoms with Crippen LogP contribution >= 0.6 is 15.9 Å². The summed E-state index contributed by atoms with van der Waals surface area (Å²) >= 11 is 3.39. The van der Waals surface area contributed by atoms with Gasteiger partial charge in [-0.3, -0.25) is 4.90 Å². The first-order valence-corrected chi connectivity index (χ1v) is 8.73. The van der Waals surface area contributed by atoms with Crippen LogP contribution in [0.3, 0.4) is 0 Å². The maximum absolute atomic E-state index is 13.6. The van der Waals surface area contributed by atoms with Crippen LogP contribution in [0, 0.1) is 11.7 Å².